The van der Waals surface area contributed by atoms with Gasteiger partial charge in [-0.1, -0.05) is 32.6 Å². The topological polar surface area (TPSA) is 127 Å². The Labute approximate surface area is 240 Å². The quantitative estimate of drug-likeness (QED) is 0.246. The van der Waals surface area contributed by atoms with Crippen molar-refractivity contribution in [2.75, 3.05) is 7.11 Å². The van der Waals surface area contributed by atoms with Gasteiger partial charge in [-0.05, 0) is 83.0 Å². The number of hydrogen-bond donors (Lipinski definition) is 0. The molecule has 0 amide bonds. The lowest BCUT2D eigenvalue weighted by molar-refractivity contribution is -0.191. The number of carbonyl (C=O) groups is 2. The summed E-state index contributed by atoms with van der Waals surface area (Å²) in [6, 6.07) is 0. The van der Waals surface area contributed by atoms with Crippen LogP contribution in [0.15, 0.2) is 0 Å². The maximum Gasteiger partial charge on any atom is 0.509 e. The summed E-state index contributed by atoms with van der Waals surface area (Å²) in [4.78, 5) is 38.7. The minimum atomic E-state index is -0.507. The molecular formula is C29H46BO10. The molecule has 10 nitrogen and oxygen atoms in total. The van der Waals surface area contributed by atoms with Crippen LogP contribution in [0.4, 0.5) is 9.59 Å². The van der Waals surface area contributed by atoms with Crippen LogP contribution in [-0.2, 0) is 38.0 Å². The monoisotopic (exact) mass is 565 g/mol. The predicted molar refractivity (Wildman–Crippen MR) is 144 cm³/mol. The van der Waals surface area contributed by atoms with E-state index in [4.69, 9.17) is 38.0 Å². The van der Waals surface area contributed by atoms with Crippen LogP contribution in [-0.4, -0.2) is 76.7 Å². The van der Waals surface area contributed by atoms with Gasteiger partial charge in [-0.2, -0.15) is 9.59 Å². The fourth-order valence-electron chi connectivity index (χ4n) is 6.19. The van der Waals surface area contributed by atoms with Crippen molar-refractivity contribution in [1.29, 1.82) is 0 Å². The molecule has 0 bridgehead atoms. The molecule has 6 rings (SSSR count). The first kappa shape index (κ1) is 34.1. The van der Waals surface area contributed by atoms with Crippen molar-refractivity contribution >= 4 is 26.9 Å². The van der Waals surface area contributed by atoms with Crippen LogP contribution >= 0.6 is 0 Å². The molecule has 40 heavy (non-hydrogen) atoms. The molecule has 6 fully saturated rings. The Hall–Kier alpha value is -2.10. The first-order chi connectivity index (χ1) is 18.9. The average molecular weight is 565 g/mol. The fraction of sp³-hybridized carbons (Fsp3) is 0.897. The van der Waals surface area contributed by atoms with Crippen molar-refractivity contribution in [3.63, 3.8) is 0 Å². The molecule has 225 valence electrons. The van der Waals surface area contributed by atoms with Gasteiger partial charge in [0.2, 0.25) is 0 Å². The molecule has 4 aliphatic carbocycles. The average Bonchev–Trinajstić information content (AvgIpc) is 3.63. The number of rotatable bonds is 3. The zero-order valence-corrected chi connectivity index (χ0v) is 24.1. The minimum absolute atomic E-state index is 0. The maximum absolute atomic E-state index is 11.9. The zero-order valence-electron chi connectivity index (χ0n) is 24.1. The van der Waals surface area contributed by atoms with Crippen molar-refractivity contribution in [1.82, 2.24) is 0 Å². The SMILES string of the molecule is C1CCC2OC2C1.COC1CCCCC1OC(=O)OC1CCCCC1C.O=C1OC2CCCCC2O1.O=C=O.[B]. The van der Waals surface area contributed by atoms with Crippen LogP contribution in [0.1, 0.15) is 110 Å². The standard InChI is InChI=1S/C15H26O4.C7H10O3.C6H10O.CO2.B/c1-11-7-3-4-8-12(11)18-15(16)19-14-10-6-5-9-13(14)17-2;8-7-9-5-3-1-2-4-6(5)10-7;1-2-4-6-5(3-1)7-6;2-1-3;/h11-14H,3-10H2,1-2H3;5-6H,1-4H2;5-6H,1-4H2;;. The van der Waals surface area contributed by atoms with E-state index in [9.17, 15) is 9.59 Å². The van der Waals surface area contributed by atoms with Gasteiger partial charge in [0.15, 0.2) is 0 Å². The third-order valence-corrected chi connectivity index (χ3v) is 8.52. The Kier molecular flexibility index (Phi) is 15.7. The molecule has 11 heteroatoms. The Morgan fingerprint density at radius 1 is 0.675 bits per heavy atom. The molecule has 8 unspecified atom stereocenters. The van der Waals surface area contributed by atoms with Gasteiger partial charge in [-0.25, -0.2) is 9.59 Å². The van der Waals surface area contributed by atoms with Gasteiger partial charge in [0.1, 0.15) is 24.4 Å². The van der Waals surface area contributed by atoms with Crippen LogP contribution in [0.5, 0.6) is 0 Å². The van der Waals surface area contributed by atoms with E-state index >= 15 is 0 Å². The number of epoxide rings is 1. The first-order valence-electron chi connectivity index (χ1n) is 14.9. The molecule has 8 atom stereocenters. The van der Waals surface area contributed by atoms with Gasteiger partial charge in [-0.15, -0.1) is 0 Å². The molecule has 6 aliphatic rings. The Morgan fingerprint density at radius 3 is 1.55 bits per heavy atom. The van der Waals surface area contributed by atoms with Crippen LogP contribution in [0, 0.1) is 5.92 Å². The van der Waals surface area contributed by atoms with Crippen molar-refractivity contribution in [2.45, 2.75) is 152 Å². The maximum atomic E-state index is 11.9. The normalized spacial score (nSPS) is 35.1. The summed E-state index contributed by atoms with van der Waals surface area (Å²) in [6.07, 6.45) is 19.1. The van der Waals surface area contributed by atoms with E-state index in [-0.39, 0.29) is 45.1 Å². The number of methoxy groups -OCH3 is 1. The Morgan fingerprint density at radius 2 is 1.07 bits per heavy atom. The van der Waals surface area contributed by atoms with Gasteiger partial charge in [0, 0.05) is 15.5 Å². The second-order valence-corrected chi connectivity index (χ2v) is 11.3. The molecule has 0 N–H and O–H groups in total. The van der Waals surface area contributed by atoms with E-state index in [0.717, 1.165) is 70.6 Å². The highest BCUT2D eigenvalue weighted by Gasteiger charge is 2.40. The first-order valence-corrected chi connectivity index (χ1v) is 14.9. The smallest absolute Gasteiger partial charge is 0.431 e. The molecule has 2 aliphatic heterocycles. The minimum Gasteiger partial charge on any atom is -0.431 e. The summed E-state index contributed by atoms with van der Waals surface area (Å²) in [5, 5.41) is 0. The fourth-order valence-corrected chi connectivity index (χ4v) is 6.19. The summed E-state index contributed by atoms with van der Waals surface area (Å²) in [5.41, 5.74) is 0. The third-order valence-electron chi connectivity index (χ3n) is 8.52. The Balaban J connectivity index is 0.000000221. The predicted octanol–water partition coefficient (Wildman–Crippen LogP) is 5.50. The van der Waals surface area contributed by atoms with E-state index in [1.54, 1.807) is 7.11 Å². The van der Waals surface area contributed by atoms with Gasteiger partial charge < -0.3 is 28.4 Å². The lowest BCUT2D eigenvalue weighted by atomic mass is 9.88. The van der Waals surface area contributed by atoms with E-state index in [1.165, 1.54) is 32.1 Å². The molecular weight excluding hydrogens is 519 g/mol. The molecule has 0 aromatic rings. The third kappa shape index (κ3) is 11.4. The summed E-state index contributed by atoms with van der Waals surface area (Å²) in [5.74, 6) is 0.450. The number of fused-ring (bicyclic) bond motifs is 2. The van der Waals surface area contributed by atoms with E-state index in [2.05, 4.69) is 6.92 Å². The summed E-state index contributed by atoms with van der Waals surface area (Å²) < 4.78 is 31.4. The molecule has 0 spiro atoms. The van der Waals surface area contributed by atoms with Crippen LogP contribution in [0.2, 0.25) is 0 Å². The summed E-state index contributed by atoms with van der Waals surface area (Å²) >= 11 is 0. The van der Waals surface area contributed by atoms with Crippen molar-refractivity contribution < 1.29 is 47.6 Å². The van der Waals surface area contributed by atoms with Gasteiger partial charge >= 0.3 is 18.5 Å². The summed E-state index contributed by atoms with van der Waals surface area (Å²) in [6.45, 7) is 2.15. The largest absolute Gasteiger partial charge is 0.509 e. The highest BCUT2D eigenvalue weighted by atomic mass is 16.8. The number of ether oxygens (including phenoxy) is 6. The molecule has 4 saturated carbocycles. The van der Waals surface area contributed by atoms with Crippen LogP contribution in [0.3, 0.4) is 0 Å². The van der Waals surface area contributed by atoms with Crippen LogP contribution < -0.4 is 0 Å². The summed E-state index contributed by atoms with van der Waals surface area (Å²) in [7, 11) is 1.68. The van der Waals surface area contributed by atoms with Gasteiger partial charge in [-0.3, -0.25) is 0 Å². The number of hydrogen-bond acceptors (Lipinski definition) is 10. The van der Waals surface area contributed by atoms with Crippen LogP contribution in [0.25, 0.3) is 0 Å². The second-order valence-electron chi connectivity index (χ2n) is 11.3. The van der Waals surface area contributed by atoms with E-state index < -0.39 is 12.3 Å². The molecule has 0 aromatic heterocycles. The van der Waals surface area contributed by atoms with E-state index in [0.29, 0.717) is 18.1 Å². The van der Waals surface area contributed by atoms with Crippen molar-refractivity contribution in [2.24, 2.45) is 5.92 Å². The van der Waals surface area contributed by atoms with Crippen molar-refractivity contribution in [3.8, 4) is 0 Å². The highest BCUT2D eigenvalue weighted by molar-refractivity contribution is 5.75. The zero-order chi connectivity index (χ0) is 28.0. The number of carbonyl (C=O) groups excluding carboxylic acids is 4. The second kappa shape index (κ2) is 18.4. The molecule has 0 aromatic carbocycles. The van der Waals surface area contributed by atoms with Gasteiger partial charge in [0.05, 0.1) is 18.3 Å². The van der Waals surface area contributed by atoms with Gasteiger partial charge in [0.25, 0.3) is 0 Å². The van der Waals surface area contributed by atoms with Crippen molar-refractivity contribution in [3.05, 3.63) is 0 Å². The molecule has 3 radical (unpaired) electrons. The Bertz CT molecular complexity index is 763. The lowest BCUT2D eigenvalue weighted by Crippen LogP contribution is -2.37. The van der Waals surface area contributed by atoms with E-state index in [1.807, 2.05) is 0 Å². The highest BCUT2D eigenvalue weighted by Crippen LogP contribution is 2.36. The molecule has 2 heterocycles. The lowest BCUT2D eigenvalue weighted by Gasteiger charge is -2.32. The molecule has 2 saturated heterocycles.